The fourth-order valence-electron chi connectivity index (χ4n) is 2.39. The van der Waals surface area contributed by atoms with Gasteiger partial charge in [0.05, 0.1) is 30.2 Å². The molecule has 0 saturated carbocycles. The van der Waals surface area contributed by atoms with Crippen LogP contribution in [0.2, 0.25) is 0 Å². The van der Waals surface area contributed by atoms with Gasteiger partial charge in [0.1, 0.15) is 12.4 Å². The van der Waals surface area contributed by atoms with Crippen LogP contribution in [0.4, 0.5) is 4.39 Å². The van der Waals surface area contributed by atoms with Gasteiger partial charge in [-0.2, -0.15) is 10.2 Å². The smallest absolute Gasteiger partial charge is 0.274 e. The van der Waals surface area contributed by atoms with E-state index >= 15 is 0 Å². The van der Waals surface area contributed by atoms with Crippen LogP contribution >= 0.6 is 0 Å². The molecule has 7 nitrogen and oxygen atoms in total. The molecule has 1 aromatic carbocycles. The zero-order chi connectivity index (χ0) is 17.8. The van der Waals surface area contributed by atoms with Gasteiger partial charge in [-0.15, -0.1) is 0 Å². The quantitative estimate of drug-likeness (QED) is 0.730. The van der Waals surface area contributed by atoms with Gasteiger partial charge in [-0.25, -0.2) is 9.07 Å². The standard InChI is InChI=1S/C17H18FN5O2/c1-22-14(4-5-20-22)10-23-17(24)16-3-2-15(6-13(16)9-21-23)25-11-12(7-18)8-19/h2-7,9H,8,10-11,19H2,1H3/b12-7+. The molecule has 3 rings (SSSR count). The summed E-state index contributed by atoms with van der Waals surface area (Å²) in [4.78, 5) is 12.6. The Hall–Kier alpha value is -3.00. The first-order valence-corrected chi connectivity index (χ1v) is 7.70. The molecule has 2 aromatic heterocycles. The molecule has 0 aliphatic carbocycles. The molecule has 8 heteroatoms. The Labute approximate surface area is 143 Å². The average molecular weight is 343 g/mol. The Kier molecular flexibility index (Phi) is 4.90. The lowest BCUT2D eigenvalue weighted by atomic mass is 10.2. The molecule has 0 spiro atoms. The molecule has 0 bridgehead atoms. The van der Waals surface area contributed by atoms with Gasteiger partial charge in [0.15, 0.2) is 0 Å². The normalized spacial score (nSPS) is 11.9. The molecule has 2 heterocycles. The maximum Gasteiger partial charge on any atom is 0.274 e. The molecule has 0 unspecified atom stereocenters. The fraction of sp³-hybridized carbons (Fsp3) is 0.235. The van der Waals surface area contributed by atoms with Crippen LogP contribution in [0.25, 0.3) is 10.8 Å². The third-order valence-electron chi connectivity index (χ3n) is 3.90. The van der Waals surface area contributed by atoms with Crippen molar-refractivity contribution in [3.8, 4) is 5.75 Å². The minimum atomic E-state index is -0.198. The summed E-state index contributed by atoms with van der Waals surface area (Å²) in [5, 5.41) is 9.48. The Bertz CT molecular complexity index is 977. The highest BCUT2D eigenvalue weighted by atomic mass is 19.1. The second-order valence-corrected chi connectivity index (χ2v) is 5.56. The van der Waals surface area contributed by atoms with Gasteiger partial charge in [-0.05, 0) is 24.3 Å². The number of aryl methyl sites for hydroxylation is 1. The van der Waals surface area contributed by atoms with Crippen molar-refractivity contribution >= 4 is 10.8 Å². The lowest BCUT2D eigenvalue weighted by Crippen LogP contribution is -2.24. The monoisotopic (exact) mass is 343 g/mol. The van der Waals surface area contributed by atoms with Crippen molar-refractivity contribution in [2.24, 2.45) is 12.8 Å². The largest absolute Gasteiger partial charge is 0.489 e. The van der Waals surface area contributed by atoms with E-state index in [0.717, 1.165) is 5.69 Å². The number of benzene rings is 1. The maximum atomic E-state index is 12.6. The van der Waals surface area contributed by atoms with Crippen LogP contribution < -0.4 is 16.0 Å². The van der Waals surface area contributed by atoms with Gasteiger partial charge >= 0.3 is 0 Å². The van der Waals surface area contributed by atoms with E-state index in [-0.39, 0.29) is 18.7 Å². The molecule has 0 amide bonds. The molecular formula is C17H18FN5O2. The number of aromatic nitrogens is 4. The van der Waals surface area contributed by atoms with Gasteiger partial charge in [-0.3, -0.25) is 9.48 Å². The van der Waals surface area contributed by atoms with Crippen LogP contribution in [0.15, 0.2) is 53.4 Å². The summed E-state index contributed by atoms with van der Waals surface area (Å²) in [6.07, 6.45) is 3.72. The topological polar surface area (TPSA) is 88.0 Å². The summed E-state index contributed by atoms with van der Waals surface area (Å²) in [5.41, 5.74) is 6.42. The van der Waals surface area contributed by atoms with E-state index in [1.807, 2.05) is 13.1 Å². The average Bonchev–Trinajstić information content (AvgIpc) is 3.03. The van der Waals surface area contributed by atoms with E-state index in [1.54, 1.807) is 35.3 Å². The summed E-state index contributed by atoms with van der Waals surface area (Å²) >= 11 is 0. The summed E-state index contributed by atoms with van der Waals surface area (Å²) in [6, 6.07) is 6.88. The van der Waals surface area contributed by atoms with E-state index in [2.05, 4.69) is 10.2 Å². The molecule has 130 valence electrons. The van der Waals surface area contributed by atoms with Crippen LogP contribution in [0, 0.1) is 0 Å². The lowest BCUT2D eigenvalue weighted by molar-refractivity contribution is 0.348. The predicted octanol–water partition coefficient (Wildman–Crippen LogP) is 1.37. The molecule has 0 atom stereocenters. The predicted molar refractivity (Wildman–Crippen MR) is 92.1 cm³/mol. The number of fused-ring (bicyclic) bond motifs is 1. The third-order valence-corrected chi connectivity index (χ3v) is 3.90. The Balaban J connectivity index is 1.86. The highest BCUT2D eigenvalue weighted by Crippen LogP contribution is 2.18. The number of hydrogen-bond donors (Lipinski definition) is 1. The van der Waals surface area contributed by atoms with Gasteiger partial charge in [-0.1, -0.05) is 0 Å². The van der Waals surface area contributed by atoms with E-state index in [9.17, 15) is 9.18 Å². The van der Waals surface area contributed by atoms with E-state index in [0.29, 0.717) is 35.0 Å². The lowest BCUT2D eigenvalue weighted by Gasteiger charge is -2.09. The Morgan fingerprint density at radius 3 is 2.88 bits per heavy atom. The number of nitrogens with two attached hydrogens (primary N) is 1. The first kappa shape index (κ1) is 16.8. The highest BCUT2D eigenvalue weighted by Gasteiger charge is 2.08. The van der Waals surface area contributed by atoms with Gasteiger partial charge < -0.3 is 10.5 Å². The minimum Gasteiger partial charge on any atom is -0.489 e. The van der Waals surface area contributed by atoms with E-state index in [1.165, 1.54) is 4.68 Å². The molecule has 0 aliphatic rings. The van der Waals surface area contributed by atoms with Crippen LogP contribution in [0.3, 0.4) is 0 Å². The molecule has 3 aromatic rings. The Morgan fingerprint density at radius 2 is 2.20 bits per heavy atom. The van der Waals surface area contributed by atoms with E-state index in [4.69, 9.17) is 10.5 Å². The molecule has 0 aliphatic heterocycles. The van der Waals surface area contributed by atoms with Crippen molar-refractivity contribution in [1.82, 2.24) is 19.6 Å². The number of halogens is 1. The third kappa shape index (κ3) is 3.58. The van der Waals surface area contributed by atoms with E-state index < -0.39 is 0 Å². The summed E-state index contributed by atoms with van der Waals surface area (Å²) in [7, 11) is 1.81. The molecular weight excluding hydrogens is 325 g/mol. The zero-order valence-corrected chi connectivity index (χ0v) is 13.7. The SMILES string of the molecule is Cn1nccc1Cn1ncc2cc(OC/C(=C/F)CN)ccc2c1=O. The minimum absolute atomic E-state index is 0.0590. The number of nitrogens with zero attached hydrogens (tertiary/aromatic N) is 4. The van der Waals surface area contributed by atoms with Crippen LogP contribution in [0.1, 0.15) is 5.69 Å². The van der Waals surface area contributed by atoms with Gasteiger partial charge in [0.2, 0.25) is 0 Å². The van der Waals surface area contributed by atoms with Crippen LogP contribution in [-0.4, -0.2) is 32.7 Å². The summed E-state index contributed by atoms with van der Waals surface area (Å²) in [5.74, 6) is 0.519. The van der Waals surface area contributed by atoms with Crippen molar-refractivity contribution in [1.29, 1.82) is 0 Å². The molecule has 25 heavy (non-hydrogen) atoms. The second-order valence-electron chi connectivity index (χ2n) is 5.56. The van der Waals surface area contributed by atoms with Crippen molar-refractivity contribution < 1.29 is 9.13 Å². The molecule has 0 fully saturated rings. The fourth-order valence-corrected chi connectivity index (χ4v) is 2.39. The second kappa shape index (κ2) is 7.27. The summed E-state index contributed by atoms with van der Waals surface area (Å²) in [6.45, 7) is 0.485. The number of ether oxygens (including phenoxy) is 1. The number of hydrogen-bond acceptors (Lipinski definition) is 5. The first-order chi connectivity index (χ1) is 12.1. The van der Waals surface area contributed by atoms with Crippen molar-refractivity contribution in [3.05, 3.63) is 64.6 Å². The number of rotatable bonds is 6. The molecule has 2 N–H and O–H groups in total. The molecule has 0 radical (unpaired) electrons. The maximum absolute atomic E-state index is 12.6. The van der Waals surface area contributed by atoms with Gasteiger partial charge in [0, 0.05) is 30.7 Å². The summed E-state index contributed by atoms with van der Waals surface area (Å²) < 4.78 is 21.1. The highest BCUT2D eigenvalue weighted by molar-refractivity contribution is 5.82. The van der Waals surface area contributed by atoms with Gasteiger partial charge in [0.25, 0.3) is 5.56 Å². The van der Waals surface area contributed by atoms with Crippen molar-refractivity contribution in [2.75, 3.05) is 13.2 Å². The van der Waals surface area contributed by atoms with Crippen molar-refractivity contribution in [3.63, 3.8) is 0 Å². The van der Waals surface area contributed by atoms with Crippen LogP contribution in [-0.2, 0) is 13.6 Å². The molecule has 0 saturated heterocycles. The van der Waals surface area contributed by atoms with Crippen LogP contribution in [0.5, 0.6) is 5.75 Å². The first-order valence-electron chi connectivity index (χ1n) is 7.70. The van der Waals surface area contributed by atoms with Crippen molar-refractivity contribution in [2.45, 2.75) is 6.54 Å². The Morgan fingerprint density at radius 1 is 1.36 bits per heavy atom. The zero-order valence-electron chi connectivity index (χ0n) is 13.7.